The van der Waals surface area contributed by atoms with Gasteiger partial charge in [-0.1, -0.05) is 18.2 Å². The first kappa shape index (κ1) is 18.5. The van der Waals surface area contributed by atoms with E-state index in [9.17, 15) is 33.1 Å². The molecule has 0 bridgehead atoms. The molecule has 27 heavy (non-hydrogen) atoms. The Hall–Kier alpha value is -3.24. The van der Waals surface area contributed by atoms with E-state index in [4.69, 9.17) is 4.74 Å². The van der Waals surface area contributed by atoms with Gasteiger partial charge in [-0.15, -0.1) is 0 Å². The highest BCUT2D eigenvalue weighted by Crippen LogP contribution is 2.33. The lowest BCUT2D eigenvalue weighted by molar-refractivity contribution is -0.168. The molecule has 0 saturated carbocycles. The smallest absolute Gasteiger partial charge is 0.347 e. The van der Waals surface area contributed by atoms with Crippen LogP contribution in [0.3, 0.4) is 0 Å². The van der Waals surface area contributed by atoms with Crippen LogP contribution in [-0.4, -0.2) is 76.4 Å². The van der Waals surface area contributed by atoms with Crippen LogP contribution in [0.15, 0.2) is 30.3 Å². The normalized spacial score (nSPS) is 23.7. The summed E-state index contributed by atoms with van der Waals surface area (Å²) in [6.45, 7) is -0.793. The molecule has 11 heteroatoms. The summed E-state index contributed by atoms with van der Waals surface area (Å²) in [7, 11) is 0. The van der Waals surface area contributed by atoms with Crippen molar-refractivity contribution in [2.75, 3.05) is 13.2 Å². The fourth-order valence-corrected chi connectivity index (χ4v) is 3.14. The van der Waals surface area contributed by atoms with Crippen LogP contribution in [0.25, 0.3) is 0 Å². The summed E-state index contributed by atoms with van der Waals surface area (Å²) >= 11 is 0. The SMILES string of the molecule is O=C(COc1ccccc1)N[C@H]1C(=O)N2C1CN(C(=O)C(F)F)C2C(=O)O. The molecule has 3 rings (SSSR count). The molecule has 9 nitrogen and oxygen atoms in total. The van der Waals surface area contributed by atoms with E-state index in [1.54, 1.807) is 30.3 Å². The molecule has 2 N–H and O–H groups in total. The van der Waals surface area contributed by atoms with Crippen LogP contribution in [0.2, 0.25) is 0 Å². The number of fused-ring (bicyclic) bond motifs is 1. The van der Waals surface area contributed by atoms with Crippen LogP contribution in [0.4, 0.5) is 8.78 Å². The number of alkyl halides is 2. The van der Waals surface area contributed by atoms with Crippen LogP contribution in [-0.2, 0) is 19.2 Å². The van der Waals surface area contributed by atoms with E-state index >= 15 is 0 Å². The fourth-order valence-electron chi connectivity index (χ4n) is 3.14. The van der Waals surface area contributed by atoms with Gasteiger partial charge in [0, 0.05) is 6.54 Å². The van der Waals surface area contributed by atoms with Crippen molar-refractivity contribution < 1.29 is 37.8 Å². The quantitative estimate of drug-likeness (QED) is 0.627. The Labute approximate surface area is 151 Å². The average molecular weight is 383 g/mol. The van der Waals surface area contributed by atoms with Crippen molar-refractivity contribution in [3.63, 3.8) is 0 Å². The van der Waals surface area contributed by atoms with Crippen molar-refractivity contribution in [3.8, 4) is 5.75 Å². The molecule has 3 atom stereocenters. The van der Waals surface area contributed by atoms with Gasteiger partial charge in [-0.2, -0.15) is 8.78 Å². The minimum atomic E-state index is -3.40. The minimum absolute atomic E-state index is 0.386. The number of amides is 3. The maximum atomic E-state index is 12.7. The second-order valence-electron chi connectivity index (χ2n) is 5.96. The molecule has 0 spiro atoms. The summed E-state index contributed by atoms with van der Waals surface area (Å²) in [5.41, 5.74) is 0. The summed E-state index contributed by atoms with van der Waals surface area (Å²) < 4.78 is 30.6. The standard InChI is InChI=1S/C16H15F2N3O6/c17-12(18)15(24)20-6-9-11(14(23)21(9)13(20)16(25)26)19-10(22)7-27-8-4-2-1-3-5-8/h1-5,9,11-13H,6-7H2,(H,19,22)(H,25,26)/t9?,11-,13?/m1/s1. The molecule has 1 aromatic carbocycles. The topological polar surface area (TPSA) is 116 Å². The summed E-state index contributed by atoms with van der Waals surface area (Å²) in [6.07, 6.45) is -5.20. The number of aliphatic carboxylic acids is 1. The molecule has 144 valence electrons. The van der Waals surface area contributed by atoms with Gasteiger partial charge in [-0.05, 0) is 12.1 Å². The number of nitrogens with one attached hydrogen (secondary N) is 1. The van der Waals surface area contributed by atoms with Gasteiger partial charge in [0.15, 0.2) is 6.61 Å². The lowest BCUT2D eigenvalue weighted by Crippen LogP contribution is -2.71. The monoisotopic (exact) mass is 383 g/mol. The first-order valence-electron chi connectivity index (χ1n) is 7.92. The summed E-state index contributed by atoms with van der Waals surface area (Å²) in [6, 6.07) is 6.45. The van der Waals surface area contributed by atoms with Crippen LogP contribution in [0, 0.1) is 0 Å². The number of carbonyl (C=O) groups excluding carboxylic acids is 3. The van der Waals surface area contributed by atoms with Crippen molar-refractivity contribution in [3.05, 3.63) is 30.3 Å². The number of carbonyl (C=O) groups is 4. The highest BCUT2D eigenvalue weighted by Gasteiger charge is 2.61. The Bertz CT molecular complexity index is 775. The maximum Gasteiger partial charge on any atom is 0.347 e. The van der Waals surface area contributed by atoms with Gasteiger partial charge in [-0.25, -0.2) is 4.79 Å². The molecule has 0 aliphatic carbocycles. The summed E-state index contributed by atoms with van der Waals surface area (Å²) in [5, 5.41) is 11.6. The molecule has 2 aliphatic rings. The Kier molecular flexibility index (Phi) is 4.93. The van der Waals surface area contributed by atoms with Crippen LogP contribution in [0.5, 0.6) is 5.75 Å². The Morgan fingerprint density at radius 1 is 1.26 bits per heavy atom. The highest BCUT2D eigenvalue weighted by atomic mass is 19.3. The molecule has 0 aromatic heterocycles. The van der Waals surface area contributed by atoms with E-state index in [-0.39, 0.29) is 6.61 Å². The molecule has 0 radical (unpaired) electrons. The molecule has 3 amide bonds. The van der Waals surface area contributed by atoms with Gasteiger partial charge >= 0.3 is 12.4 Å². The van der Waals surface area contributed by atoms with E-state index in [1.807, 2.05) is 0 Å². The molecule has 2 unspecified atom stereocenters. The molecule has 2 heterocycles. The third kappa shape index (κ3) is 3.39. The number of nitrogens with zero attached hydrogens (tertiary/aromatic N) is 2. The van der Waals surface area contributed by atoms with Gasteiger partial charge in [0.1, 0.15) is 11.8 Å². The van der Waals surface area contributed by atoms with Crippen molar-refractivity contribution in [2.24, 2.45) is 0 Å². The van der Waals surface area contributed by atoms with E-state index in [0.717, 1.165) is 4.90 Å². The Balaban J connectivity index is 1.63. The molecule has 1 aromatic rings. The second kappa shape index (κ2) is 7.17. The lowest BCUT2D eigenvalue weighted by Gasteiger charge is -2.43. The number of para-hydroxylation sites is 1. The molecular formula is C16H15F2N3O6. The van der Waals surface area contributed by atoms with Gasteiger partial charge in [-0.3, -0.25) is 14.4 Å². The van der Waals surface area contributed by atoms with Crippen molar-refractivity contribution in [2.45, 2.75) is 24.7 Å². The average Bonchev–Trinajstić information content (AvgIpc) is 3.01. The number of hydrogen-bond acceptors (Lipinski definition) is 5. The molecule has 2 fully saturated rings. The number of carboxylic acids is 1. The molecule has 2 aliphatic heterocycles. The lowest BCUT2D eigenvalue weighted by atomic mass is 9.96. The van der Waals surface area contributed by atoms with E-state index in [1.165, 1.54) is 0 Å². The van der Waals surface area contributed by atoms with Crippen molar-refractivity contribution in [1.29, 1.82) is 0 Å². The first-order chi connectivity index (χ1) is 12.8. The fraction of sp³-hybridized carbons (Fsp3) is 0.375. The van der Waals surface area contributed by atoms with Gasteiger partial charge in [0.2, 0.25) is 12.1 Å². The molecular weight excluding hydrogens is 368 g/mol. The number of halogens is 2. The number of rotatable bonds is 6. The van der Waals surface area contributed by atoms with E-state index < -0.39 is 54.9 Å². The predicted molar refractivity (Wildman–Crippen MR) is 83.6 cm³/mol. The number of benzene rings is 1. The number of ether oxygens (including phenoxy) is 1. The third-order valence-corrected chi connectivity index (χ3v) is 4.33. The van der Waals surface area contributed by atoms with Crippen LogP contribution < -0.4 is 10.1 Å². The third-order valence-electron chi connectivity index (χ3n) is 4.33. The van der Waals surface area contributed by atoms with Gasteiger partial charge in [0.05, 0.1) is 6.04 Å². The number of carboxylic acid groups (broad SMARTS) is 1. The number of β-lactam (4-membered cyclic amide) rings is 1. The summed E-state index contributed by atoms with van der Waals surface area (Å²) in [5.74, 6) is -4.23. The maximum absolute atomic E-state index is 12.7. The minimum Gasteiger partial charge on any atom is -0.484 e. The summed E-state index contributed by atoms with van der Waals surface area (Å²) in [4.78, 5) is 48.3. The zero-order valence-corrected chi connectivity index (χ0v) is 13.7. The largest absolute Gasteiger partial charge is 0.484 e. The second-order valence-corrected chi connectivity index (χ2v) is 5.96. The number of hydrogen-bond donors (Lipinski definition) is 2. The van der Waals surface area contributed by atoms with Crippen LogP contribution in [0.1, 0.15) is 0 Å². The zero-order valence-electron chi connectivity index (χ0n) is 13.7. The Morgan fingerprint density at radius 3 is 2.52 bits per heavy atom. The van der Waals surface area contributed by atoms with E-state index in [0.29, 0.717) is 10.6 Å². The highest BCUT2D eigenvalue weighted by molar-refractivity contribution is 5.99. The molecule has 2 saturated heterocycles. The van der Waals surface area contributed by atoms with Gasteiger partial charge < -0.3 is 25.0 Å². The predicted octanol–water partition coefficient (Wildman–Crippen LogP) is -0.721. The van der Waals surface area contributed by atoms with Gasteiger partial charge in [0.25, 0.3) is 11.8 Å². The van der Waals surface area contributed by atoms with Crippen LogP contribution >= 0.6 is 0 Å². The first-order valence-corrected chi connectivity index (χ1v) is 7.92. The Morgan fingerprint density at radius 2 is 1.93 bits per heavy atom. The zero-order chi connectivity index (χ0) is 19.7. The van der Waals surface area contributed by atoms with Crippen molar-refractivity contribution >= 4 is 23.7 Å². The van der Waals surface area contributed by atoms with Crippen molar-refractivity contribution in [1.82, 2.24) is 15.1 Å². The van der Waals surface area contributed by atoms with E-state index in [2.05, 4.69) is 5.32 Å².